The van der Waals surface area contributed by atoms with Crippen molar-refractivity contribution in [2.45, 2.75) is 59.4 Å². The summed E-state index contributed by atoms with van der Waals surface area (Å²) in [6.07, 6.45) is 8.51. The maximum atomic E-state index is 5.45. The van der Waals surface area contributed by atoms with Gasteiger partial charge in [-0.1, -0.05) is 46.4 Å². The Bertz CT molecular complexity index is 1260. The van der Waals surface area contributed by atoms with Crippen LogP contribution in [0, 0.1) is 0 Å². The van der Waals surface area contributed by atoms with Crippen molar-refractivity contribution < 1.29 is 4.74 Å². The zero-order chi connectivity index (χ0) is 24.7. The number of aryl methyl sites for hydroxylation is 1. The number of ether oxygens (including phenoxy) is 1. The average molecular weight is 459 g/mol. The Balaban J connectivity index is 0.000000179. The van der Waals surface area contributed by atoms with E-state index in [0.29, 0.717) is 12.6 Å². The number of benzene rings is 2. The van der Waals surface area contributed by atoms with Crippen LogP contribution in [0.1, 0.15) is 70.5 Å². The molecule has 0 N–H and O–H groups in total. The van der Waals surface area contributed by atoms with E-state index in [9.17, 15) is 0 Å². The molecule has 1 fully saturated rings. The van der Waals surface area contributed by atoms with Gasteiger partial charge < -0.3 is 13.9 Å². The van der Waals surface area contributed by atoms with Gasteiger partial charge >= 0.3 is 0 Å². The minimum absolute atomic E-state index is 0.649. The molecule has 34 heavy (non-hydrogen) atoms. The molecule has 5 rings (SSSR count). The molecule has 180 valence electrons. The van der Waals surface area contributed by atoms with Crippen molar-refractivity contribution in [1.82, 2.24) is 19.1 Å². The SMILES string of the molecule is C=C(CCC)c1ccc2c(c1)ncn2C.C=C(OCC)c1ccc2ncn(C3CC3)c2c1.CC. The predicted octanol–water partition coefficient (Wildman–Crippen LogP) is 7.79. The fourth-order valence-corrected chi connectivity index (χ4v) is 3.90. The van der Waals surface area contributed by atoms with Gasteiger partial charge in [-0.3, -0.25) is 0 Å². The maximum absolute atomic E-state index is 5.45. The predicted molar refractivity (Wildman–Crippen MR) is 145 cm³/mol. The summed E-state index contributed by atoms with van der Waals surface area (Å²) in [5, 5.41) is 0. The Labute approximate surface area is 203 Å². The molecule has 1 aliphatic carbocycles. The largest absolute Gasteiger partial charge is 0.494 e. The first-order valence-corrected chi connectivity index (χ1v) is 12.4. The Morgan fingerprint density at radius 3 is 2.32 bits per heavy atom. The summed E-state index contributed by atoms with van der Waals surface area (Å²) in [4.78, 5) is 8.76. The van der Waals surface area contributed by atoms with Gasteiger partial charge in [0.25, 0.3) is 0 Å². The topological polar surface area (TPSA) is 44.9 Å². The van der Waals surface area contributed by atoms with E-state index in [0.717, 1.165) is 35.2 Å². The van der Waals surface area contributed by atoms with E-state index in [2.05, 4.69) is 58.9 Å². The summed E-state index contributed by atoms with van der Waals surface area (Å²) in [6, 6.07) is 13.2. The first-order chi connectivity index (χ1) is 16.5. The molecular weight excluding hydrogens is 420 g/mol. The molecule has 0 aliphatic heterocycles. The Morgan fingerprint density at radius 2 is 1.65 bits per heavy atom. The molecule has 2 aromatic heterocycles. The Morgan fingerprint density at radius 1 is 0.941 bits per heavy atom. The average Bonchev–Trinajstić information content (AvgIpc) is 3.51. The van der Waals surface area contributed by atoms with Gasteiger partial charge in [0.1, 0.15) is 5.76 Å². The molecule has 0 bridgehead atoms. The van der Waals surface area contributed by atoms with Gasteiger partial charge in [0, 0.05) is 18.7 Å². The smallest absolute Gasteiger partial charge is 0.119 e. The quantitative estimate of drug-likeness (QED) is 0.265. The van der Waals surface area contributed by atoms with Crippen LogP contribution in [-0.4, -0.2) is 25.7 Å². The molecule has 0 saturated heterocycles. The van der Waals surface area contributed by atoms with E-state index in [-0.39, 0.29) is 0 Å². The number of allylic oxidation sites excluding steroid dienone is 1. The first-order valence-electron chi connectivity index (χ1n) is 12.4. The van der Waals surface area contributed by atoms with Crippen molar-refractivity contribution >= 4 is 33.4 Å². The molecule has 5 heteroatoms. The van der Waals surface area contributed by atoms with Crippen molar-refractivity contribution in [2.75, 3.05) is 6.61 Å². The van der Waals surface area contributed by atoms with E-state index in [4.69, 9.17) is 4.74 Å². The van der Waals surface area contributed by atoms with E-state index in [1.807, 2.05) is 57.2 Å². The summed E-state index contributed by atoms with van der Waals surface area (Å²) >= 11 is 0. The number of hydrogen-bond donors (Lipinski definition) is 0. The molecule has 0 atom stereocenters. The van der Waals surface area contributed by atoms with Crippen molar-refractivity contribution in [3.05, 3.63) is 73.3 Å². The minimum atomic E-state index is 0.649. The van der Waals surface area contributed by atoms with Crippen molar-refractivity contribution in [3.8, 4) is 0 Å². The summed E-state index contributed by atoms with van der Waals surface area (Å²) in [7, 11) is 2.01. The first kappa shape index (κ1) is 25.3. The second-order valence-corrected chi connectivity index (χ2v) is 8.36. The fraction of sp³-hybridized carbons (Fsp3) is 0.379. The van der Waals surface area contributed by atoms with Crippen LogP contribution in [0.4, 0.5) is 0 Å². The lowest BCUT2D eigenvalue weighted by atomic mass is 10.0. The monoisotopic (exact) mass is 458 g/mol. The van der Waals surface area contributed by atoms with Gasteiger partial charge in [0.05, 0.1) is 41.3 Å². The van der Waals surface area contributed by atoms with E-state index in [1.165, 1.54) is 35.0 Å². The fourth-order valence-electron chi connectivity index (χ4n) is 3.90. The molecule has 0 amide bonds. The van der Waals surface area contributed by atoms with Crippen LogP contribution in [-0.2, 0) is 11.8 Å². The standard InChI is InChI=1S/C14H16N2O.C13H16N2.C2H6/c1-3-17-10(2)11-4-7-13-14(8-11)16(9-15-13)12-5-6-12;1-4-5-10(2)11-6-7-13-12(8-11)14-9-15(13)3;1-2/h4,7-9,12H,2-3,5-6H2,1H3;6-9H,2,4-5H2,1,3H3;1-2H3. The molecule has 0 spiro atoms. The van der Waals surface area contributed by atoms with Crippen LogP contribution in [0.25, 0.3) is 33.4 Å². The molecule has 5 nitrogen and oxygen atoms in total. The molecule has 0 unspecified atom stereocenters. The van der Waals surface area contributed by atoms with Gasteiger partial charge in [-0.25, -0.2) is 9.97 Å². The molecule has 2 aromatic carbocycles. The maximum Gasteiger partial charge on any atom is 0.119 e. The summed E-state index contributed by atoms with van der Waals surface area (Å²) < 4.78 is 9.74. The van der Waals surface area contributed by atoms with E-state index in [1.54, 1.807) is 0 Å². The highest BCUT2D eigenvalue weighted by Crippen LogP contribution is 2.37. The van der Waals surface area contributed by atoms with E-state index >= 15 is 0 Å². The van der Waals surface area contributed by atoms with E-state index < -0.39 is 0 Å². The molecule has 0 radical (unpaired) electrons. The lowest BCUT2D eigenvalue weighted by molar-refractivity contribution is 0.299. The second kappa shape index (κ2) is 11.7. The summed E-state index contributed by atoms with van der Waals surface area (Å²) in [6.45, 7) is 16.8. The van der Waals surface area contributed by atoms with Crippen LogP contribution in [0.5, 0.6) is 0 Å². The lowest BCUT2D eigenvalue weighted by Crippen LogP contribution is -1.93. The van der Waals surface area contributed by atoms with Gasteiger partial charge in [0.2, 0.25) is 0 Å². The van der Waals surface area contributed by atoms with Gasteiger partial charge in [-0.05, 0) is 67.7 Å². The third kappa shape index (κ3) is 5.77. The van der Waals surface area contributed by atoms with Crippen molar-refractivity contribution in [3.63, 3.8) is 0 Å². The highest BCUT2D eigenvalue weighted by Gasteiger charge is 2.25. The van der Waals surface area contributed by atoms with Crippen molar-refractivity contribution in [2.24, 2.45) is 7.05 Å². The molecule has 1 saturated carbocycles. The number of imidazole rings is 2. The van der Waals surface area contributed by atoms with Crippen LogP contribution >= 0.6 is 0 Å². The zero-order valence-corrected chi connectivity index (χ0v) is 21.3. The van der Waals surface area contributed by atoms with Crippen molar-refractivity contribution in [1.29, 1.82) is 0 Å². The lowest BCUT2D eigenvalue weighted by Gasteiger charge is -2.08. The summed E-state index contributed by atoms with van der Waals surface area (Å²) in [5.74, 6) is 0.734. The Hall–Kier alpha value is -3.34. The second-order valence-electron chi connectivity index (χ2n) is 8.36. The number of nitrogens with zero attached hydrogens (tertiary/aromatic N) is 4. The van der Waals surface area contributed by atoms with Gasteiger partial charge in [-0.2, -0.15) is 0 Å². The third-order valence-corrected chi connectivity index (χ3v) is 5.84. The number of rotatable bonds is 7. The highest BCUT2D eigenvalue weighted by atomic mass is 16.5. The Kier molecular flexibility index (Phi) is 8.69. The number of aromatic nitrogens is 4. The molecule has 2 heterocycles. The zero-order valence-electron chi connectivity index (χ0n) is 21.3. The molecule has 1 aliphatic rings. The van der Waals surface area contributed by atoms with Gasteiger partial charge in [-0.15, -0.1) is 0 Å². The number of fused-ring (bicyclic) bond motifs is 2. The van der Waals surface area contributed by atoms with Crippen LogP contribution in [0.3, 0.4) is 0 Å². The van der Waals surface area contributed by atoms with Crippen LogP contribution in [0.2, 0.25) is 0 Å². The molecular formula is C29H38N4O. The highest BCUT2D eigenvalue weighted by molar-refractivity contribution is 5.81. The number of hydrogen-bond acceptors (Lipinski definition) is 3. The normalized spacial score (nSPS) is 12.5. The van der Waals surface area contributed by atoms with Crippen LogP contribution < -0.4 is 0 Å². The van der Waals surface area contributed by atoms with Gasteiger partial charge in [0.15, 0.2) is 0 Å². The summed E-state index contributed by atoms with van der Waals surface area (Å²) in [5.41, 5.74) is 7.90. The molecule has 4 aromatic rings. The van der Waals surface area contributed by atoms with Crippen LogP contribution in [0.15, 0.2) is 62.2 Å². The minimum Gasteiger partial charge on any atom is -0.494 e. The third-order valence-electron chi connectivity index (χ3n) is 5.84.